The van der Waals surface area contributed by atoms with Crippen LogP contribution >= 0.6 is 23.1 Å². The number of nitrogen functional groups attached to an aromatic ring is 1. The Kier molecular flexibility index (Phi) is 8.46. The Morgan fingerprint density at radius 2 is 2.04 bits per heavy atom. The van der Waals surface area contributed by atoms with Crippen molar-refractivity contribution in [3.8, 4) is 0 Å². The number of thiazole rings is 1. The summed E-state index contributed by atoms with van der Waals surface area (Å²) in [4.78, 5) is 31.1. The van der Waals surface area contributed by atoms with E-state index in [-0.39, 0.29) is 18.2 Å². The molecule has 0 aliphatic carbocycles. The van der Waals surface area contributed by atoms with E-state index >= 15 is 0 Å². The van der Waals surface area contributed by atoms with Crippen molar-refractivity contribution in [2.45, 2.75) is 38.9 Å². The first kappa shape index (κ1) is 21.9. The maximum absolute atomic E-state index is 11.0. The number of nitrogens with two attached hydrogens (primary N) is 1. The minimum absolute atomic E-state index is 0.180. The number of fused-ring (bicyclic) bond motifs is 1. The third-order valence-corrected chi connectivity index (χ3v) is 5.48. The first-order valence-corrected chi connectivity index (χ1v) is 10.7. The molecule has 0 radical (unpaired) electrons. The molecule has 0 aliphatic heterocycles. The molecule has 3 rings (SSSR count). The van der Waals surface area contributed by atoms with Crippen molar-refractivity contribution in [2.24, 2.45) is 0 Å². The summed E-state index contributed by atoms with van der Waals surface area (Å²) >= 11 is 2.82. The zero-order chi connectivity index (χ0) is 20.5. The number of anilines is 1. The maximum atomic E-state index is 11.0. The van der Waals surface area contributed by atoms with Gasteiger partial charge in [-0.05, 0) is 32.9 Å². The van der Waals surface area contributed by atoms with Crippen molar-refractivity contribution in [3.63, 3.8) is 0 Å². The van der Waals surface area contributed by atoms with Crippen LogP contribution in [-0.2, 0) is 27.3 Å². The van der Waals surface area contributed by atoms with Crippen LogP contribution in [0.3, 0.4) is 0 Å². The van der Waals surface area contributed by atoms with Gasteiger partial charge in [-0.1, -0.05) is 23.9 Å². The number of nitrogens with zero attached hydrogens (tertiary/aromatic N) is 3. The fourth-order valence-electron chi connectivity index (χ4n) is 2.39. The normalized spacial score (nSPS) is 10.4. The fourth-order valence-corrected chi connectivity index (χ4v) is 3.94. The minimum Gasteiger partial charge on any atom is -0.466 e. The van der Waals surface area contributed by atoms with Crippen LogP contribution in [-0.4, -0.2) is 38.6 Å². The minimum atomic E-state index is -0.235. The number of aromatic nitrogens is 3. The van der Waals surface area contributed by atoms with Gasteiger partial charge in [-0.2, -0.15) is 0 Å². The molecule has 0 atom stereocenters. The molecule has 2 heterocycles. The summed E-state index contributed by atoms with van der Waals surface area (Å²) in [6, 6.07) is 8.05. The van der Waals surface area contributed by atoms with Crippen LogP contribution in [0.2, 0.25) is 0 Å². The van der Waals surface area contributed by atoms with E-state index in [1.807, 2.05) is 18.2 Å². The van der Waals surface area contributed by atoms with E-state index in [1.165, 1.54) is 23.1 Å². The van der Waals surface area contributed by atoms with Gasteiger partial charge >= 0.3 is 5.97 Å². The molecular formula is C19H24N4O3S2. The lowest BCUT2D eigenvalue weighted by molar-refractivity contribution is -0.142. The molecule has 2 N–H and O–H groups in total. The molecule has 7 nitrogen and oxygen atoms in total. The highest BCUT2D eigenvalue weighted by Gasteiger charge is 2.10. The van der Waals surface area contributed by atoms with E-state index in [1.54, 1.807) is 20.0 Å². The fraction of sp³-hybridized carbons (Fsp3) is 0.368. The predicted octanol–water partition coefficient (Wildman–Crippen LogP) is 3.57. The Morgan fingerprint density at radius 3 is 2.64 bits per heavy atom. The smallest absolute Gasteiger partial charge is 0.311 e. The van der Waals surface area contributed by atoms with Gasteiger partial charge < -0.3 is 15.0 Å². The van der Waals surface area contributed by atoms with Crippen molar-refractivity contribution in [2.75, 3.05) is 18.1 Å². The van der Waals surface area contributed by atoms with E-state index in [4.69, 9.17) is 10.5 Å². The summed E-state index contributed by atoms with van der Waals surface area (Å²) < 4.78 is 6.90. The van der Waals surface area contributed by atoms with Gasteiger partial charge in [0.05, 0.1) is 29.8 Å². The molecule has 9 heteroatoms. The molecule has 1 aromatic carbocycles. The molecule has 0 fully saturated rings. The molecule has 0 saturated heterocycles. The molecule has 0 bridgehead atoms. The maximum Gasteiger partial charge on any atom is 0.311 e. The highest BCUT2D eigenvalue weighted by atomic mass is 32.2. The highest BCUT2D eigenvalue weighted by Crippen LogP contribution is 2.23. The second kappa shape index (κ2) is 10.8. The van der Waals surface area contributed by atoms with Gasteiger partial charge in [-0.25, -0.2) is 9.97 Å². The monoisotopic (exact) mass is 420 g/mol. The van der Waals surface area contributed by atoms with Crippen LogP contribution in [0, 0.1) is 0 Å². The number of esters is 1. The third kappa shape index (κ3) is 6.35. The highest BCUT2D eigenvalue weighted by molar-refractivity contribution is 7.99. The van der Waals surface area contributed by atoms with Crippen LogP contribution in [0.4, 0.5) is 5.13 Å². The van der Waals surface area contributed by atoms with Gasteiger partial charge in [-0.3, -0.25) is 9.59 Å². The number of para-hydroxylation sites is 2. The number of rotatable bonds is 7. The molecule has 0 amide bonds. The summed E-state index contributed by atoms with van der Waals surface area (Å²) in [6.07, 6.45) is 1.86. The molecular weight excluding hydrogens is 396 g/mol. The molecule has 3 aromatic rings. The van der Waals surface area contributed by atoms with E-state index in [9.17, 15) is 9.59 Å². The Hall–Kier alpha value is -2.39. The summed E-state index contributed by atoms with van der Waals surface area (Å²) in [5.41, 5.74) is 7.51. The van der Waals surface area contributed by atoms with Gasteiger partial charge in [-0.15, -0.1) is 11.3 Å². The SMILES string of the molecule is CCOC(=O)Cc1cnc(N)s1.CCn1c(SCC(C)=O)nc2ccccc21. The van der Waals surface area contributed by atoms with Crippen molar-refractivity contribution >= 4 is 51.0 Å². The van der Waals surface area contributed by atoms with Gasteiger partial charge in [0.15, 0.2) is 10.3 Å². The van der Waals surface area contributed by atoms with E-state index < -0.39 is 0 Å². The average molecular weight is 421 g/mol. The molecule has 2 aromatic heterocycles. The zero-order valence-electron chi connectivity index (χ0n) is 16.2. The van der Waals surface area contributed by atoms with Gasteiger partial charge in [0, 0.05) is 17.6 Å². The first-order valence-electron chi connectivity index (χ1n) is 8.87. The second-order valence-electron chi connectivity index (χ2n) is 5.76. The number of Topliss-reactive ketones (excluding diaryl/α,β-unsaturated/α-hetero) is 1. The molecule has 0 saturated carbocycles. The first-order chi connectivity index (χ1) is 13.4. The van der Waals surface area contributed by atoms with Crippen LogP contribution in [0.25, 0.3) is 11.0 Å². The number of hydrogen-bond acceptors (Lipinski definition) is 8. The lowest BCUT2D eigenvalue weighted by atomic mass is 10.3. The standard InChI is InChI=1S/C12H14N2OS.C7H10N2O2S/c1-3-14-11-7-5-4-6-10(11)13-12(14)16-8-9(2)15;1-2-11-6(10)3-5-4-9-7(8)12-5/h4-7H,3,8H2,1-2H3;4H,2-3H2,1H3,(H2,8,9). The van der Waals surface area contributed by atoms with E-state index in [2.05, 4.69) is 27.5 Å². The number of benzene rings is 1. The topological polar surface area (TPSA) is 100 Å². The second-order valence-corrected chi connectivity index (χ2v) is 7.85. The number of imidazole rings is 1. The molecule has 0 unspecified atom stereocenters. The molecule has 28 heavy (non-hydrogen) atoms. The largest absolute Gasteiger partial charge is 0.466 e. The Labute approximate surface area is 172 Å². The number of aryl methyl sites for hydroxylation is 1. The van der Waals surface area contributed by atoms with Gasteiger partial charge in [0.25, 0.3) is 0 Å². The molecule has 0 aliphatic rings. The van der Waals surface area contributed by atoms with Crippen molar-refractivity contribution in [1.82, 2.24) is 14.5 Å². The average Bonchev–Trinajstić information content (AvgIpc) is 3.23. The Morgan fingerprint density at radius 1 is 1.29 bits per heavy atom. The number of ether oxygens (including phenoxy) is 1. The molecule has 150 valence electrons. The van der Waals surface area contributed by atoms with Crippen molar-refractivity contribution in [3.05, 3.63) is 35.3 Å². The third-order valence-electron chi connectivity index (χ3n) is 3.54. The van der Waals surface area contributed by atoms with Crippen LogP contribution in [0.1, 0.15) is 25.6 Å². The number of hydrogen-bond donors (Lipinski definition) is 1. The van der Waals surface area contributed by atoms with Crippen molar-refractivity contribution < 1.29 is 14.3 Å². The lowest BCUT2D eigenvalue weighted by Crippen LogP contribution is -2.06. The summed E-state index contributed by atoms with van der Waals surface area (Å²) in [6.45, 7) is 6.75. The van der Waals surface area contributed by atoms with Crippen LogP contribution in [0.15, 0.2) is 35.6 Å². The van der Waals surface area contributed by atoms with E-state index in [0.717, 1.165) is 27.6 Å². The number of carbonyl (C=O) groups is 2. The number of thioether (sulfide) groups is 1. The molecule has 0 spiro atoms. The number of carbonyl (C=O) groups excluding carboxylic acids is 2. The quantitative estimate of drug-likeness (QED) is 0.461. The Balaban J connectivity index is 0.000000209. The van der Waals surface area contributed by atoms with Crippen molar-refractivity contribution in [1.29, 1.82) is 0 Å². The van der Waals surface area contributed by atoms with Crippen LogP contribution < -0.4 is 5.73 Å². The van der Waals surface area contributed by atoms with E-state index in [0.29, 0.717) is 17.5 Å². The van der Waals surface area contributed by atoms with Gasteiger partial charge in [0.1, 0.15) is 5.78 Å². The summed E-state index contributed by atoms with van der Waals surface area (Å²) in [7, 11) is 0. The lowest BCUT2D eigenvalue weighted by Gasteiger charge is -2.03. The van der Waals surface area contributed by atoms with Gasteiger partial charge in [0.2, 0.25) is 0 Å². The Bertz CT molecular complexity index is 936. The predicted molar refractivity (Wildman–Crippen MR) is 114 cm³/mol. The summed E-state index contributed by atoms with van der Waals surface area (Å²) in [5, 5.41) is 1.41. The van der Waals surface area contributed by atoms with Crippen LogP contribution in [0.5, 0.6) is 0 Å². The zero-order valence-corrected chi connectivity index (χ0v) is 17.8. The summed E-state index contributed by atoms with van der Waals surface area (Å²) in [5.74, 6) is 0.435. The number of ketones is 1.